The van der Waals surface area contributed by atoms with Crippen molar-refractivity contribution < 1.29 is 4.79 Å². The lowest BCUT2D eigenvalue weighted by Crippen LogP contribution is -2.24. The number of hydrogen-bond donors (Lipinski definition) is 1. The number of aromatic nitrogens is 2. The van der Waals surface area contributed by atoms with Crippen molar-refractivity contribution in [3.63, 3.8) is 0 Å². The minimum absolute atomic E-state index is 0.0255. The fourth-order valence-corrected chi connectivity index (χ4v) is 3.98. The van der Waals surface area contributed by atoms with Crippen molar-refractivity contribution in [2.75, 3.05) is 5.32 Å². The molecule has 0 saturated carbocycles. The third-order valence-electron chi connectivity index (χ3n) is 3.83. The van der Waals surface area contributed by atoms with Crippen LogP contribution in [0.1, 0.15) is 23.6 Å². The van der Waals surface area contributed by atoms with Crippen molar-refractivity contribution in [2.45, 2.75) is 12.3 Å². The zero-order valence-electron chi connectivity index (χ0n) is 11.5. The maximum atomic E-state index is 12.1. The Labute approximate surface area is 139 Å². The molecule has 4 rings (SSSR count). The number of nitrogens with zero attached hydrogens (tertiary/aromatic N) is 2. The summed E-state index contributed by atoms with van der Waals surface area (Å²) in [5, 5.41) is 7.09. The Morgan fingerprint density at radius 2 is 2.18 bits per heavy atom. The van der Waals surface area contributed by atoms with Gasteiger partial charge >= 0.3 is 0 Å². The largest absolute Gasteiger partial charge is 0.310 e. The van der Waals surface area contributed by atoms with Crippen LogP contribution in [0.15, 0.2) is 51.9 Å². The first-order valence-electron chi connectivity index (χ1n) is 6.88. The molecule has 110 valence electrons. The van der Waals surface area contributed by atoms with Gasteiger partial charge in [-0.05, 0) is 50.5 Å². The highest BCUT2D eigenvalue weighted by atomic mass is 79.9. The van der Waals surface area contributed by atoms with Gasteiger partial charge in [0.1, 0.15) is 12.1 Å². The highest BCUT2D eigenvalue weighted by Crippen LogP contribution is 2.38. The summed E-state index contributed by atoms with van der Waals surface area (Å²) in [6.07, 6.45) is 2.21. The second-order valence-corrected chi connectivity index (χ2v) is 6.80. The lowest BCUT2D eigenvalue weighted by atomic mass is 9.92. The first-order chi connectivity index (χ1) is 10.7. The summed E-state index contributed by atoms with van der Waals surface area (Å²) in [5.74, 6) is 0.815. The minimum atomic E-state index is 0.0255. The summed E-state index contributed by atoms with van der Waals surface area (Å²) in [5.41, 5.74) is 3.04. The highest BCUT2D eigenvalue weighted by Gasteiger charge is 2.31. The molecule has 1 aliphatic rings. The lowest BCUT2D eigenvalue weighted by Gasteiger charge is -2.22. The Morgan fingerprint density at radius 3 is 2.95 bits per heavy atom. The Kier molecular flexibility index (Phi) is 3.35. The molecule has 1 unspecified atom stereocenters. The van der Waals surface area contributed by atoms with Gasteiger partial charge < -0.3 is 5.32 Å². The molecule has 0 bridgehead atoms. The summed E-state index contributed by atoms with van der Waals surface area (Å²) in [4.78, 5) is 16.7. The zero-order valence-corrected chi connectivity index (χ0v) is 13.9. The van der Waals surface area contributed by atoms with Gasteiger partial charge in [0.2, 0.25) is 5.91 Å². The van der Waals surface area contributed by atoms with Crippen molar-refractivity contribution >= 4 is 39.0 Å². The molecule has 1 aromatic carbocycles. The molecule has 0 radical (unpaired) electrons. The molecule has 0 spiro atoms. The number of carbonyl (C=O) groups is 1. The molecule has 4 nitrogen and oxygen atoms in total. The predicted molar refractivity (Wildman–Crippen MR) is 90.7 cm³/mol. The maximum Gasteiger partial charge on any atom is 0.226 e. The molecule has 0 aliphatic carbocycles. The van der Waals surface area contributed by atoms with E-state index in [-0.39, 0.29) is 11.8 Å². The molecule has 0 fully saturated rings. The number of rotatable bonds is 2. The van der Waals surface area contributed by atoms with E-state index in [0.717, 1.165) is 27.2 Å². The van der Waals surface area contributed by atoms with Gasteiger partial charge in [0.15, 0.2) is 0 Å². The van der Waals surface area contributed by atoms with Gasteiger partial charge in [0, 0.05) is 16.8 Å². The van der Waals surface area contributed by atoms with Crippen LogP contribution in [0.4, 0.5) is 5.82 Å². The van der Waals surface area contributed by atoms with Gasteiger partial charge in [-0.1, -0.05) is 12.1 Å². The second-order valence-electron chi connectivity index (χ2n) is 5.16. The van der Waals surface area contributed by atoms with Gasteiger partial charge in [-0.25, -0.2) is 4.98 Å². The highest BCUT2D eigenvalue weighted by molar-refractivity contribution is 9.10. The summed E-state index contributed by atoms with van der Waals surface area (Å²) in [6.45, 7) is 0. The smallest absolute Gasteiger partial charge is 0.226 e. The number of thiophene rings is 1. The number of anilines is 1. The van der Waals surface area contributed by atoms with E-state index in [2.05, 4.69) is 37.7 Å². The van der Waals surface area contributed by atoms with Crippen LogP contribution in [-0.2, 0) is 4.79 Å². The molecular formula is C16H12BrN3OS. The van der Waals surface area contributed by atoms with Crippen LogP contribution < -0.4 is 5.32 Å². The number of imidazole rings is 1. The molecule has 3 heterocycles. The topological polar surface area (TPSA) is 46.9 Å². The number of carbonyl (C=O) groups excluding carboxylic acids is 1. The monoisotopic (exact) mass is 373 g/mol. The molecule has 1 N–H and O–H groups in total. The number of para-hydroxylation sites is 1. The number of hydrogen-bond acceptors (Lipinski definition) is 3. The Morgan fingerprint density at radius 1 is 1.32 bits per heavy atom. The molecule has 22 heavy (non-hydrogen) atoms. The van der Waals surface area contributed by atoms with Crippen LogP contribution in [0.2, 0.25) is 0 Å². The number of fused-ring (bicyclic) bond motifs is 1. The summed E-state index contributed by atoms with van der Waals surface area (Å²) in [7, 11) is 0. The van der Waals surface area contributed by atoms with Crippen molar-refractivity contribution in [1.29, 1.82) is 0 Å². The van der Waals surface area contributed by atoms with Gasteiger partial charge in [0.25, 0.3) is 0 Å². The van der Waals surface area contributed by atoms with Crippen LogP contribution in [0.5, 0.6) is 0 Å². The lowest BCUT2D eigenvalue weighted by molar-refractivity contribution is -0.116. The molecule has 6 heteroatoms. The van der Waals surface area contributed by atoms with Crippen LogP contribution in [0.25, 0.3) is 5.69 Å². The van der Waals surface area contributed by atoms with Crippen molar-refractivity contribution in [3.05, 3.63) is 63.1 Å². The molecule has 0 saturated heterocycles. The van der Waals surface area contributed by atoms with E-state index in [9.17, 15) is 4.79 Å². The first-order valence-corrected chi connectivity index (χ1v) is 8.61. The van der Waals surface area contributed by atoms with Gasteiger partial charge in [-0.2, -0.15) is 11.3 Å². The third-order valence-corrected chi connectivity index (χ3v) is 5.20. The van der Waals surface area contributed by atoms with Crippen LogP contribution in [0, 0.1) is 0 Å². The Hall–Kier alpha value is -1.92. The number of halogens is 1. The molecular weight excluding hydrogens is 362 g/mol. The molecule has 1 atom stereocenters. The quantitative estimate of drug-likeness (QED) is 0.732. The third kappa shape index (κ3) is 2.19. The molecule has 1 amide bonds. The van der Waals surface area contributed by atoms with Crippen LogP contribution >= 0.6 is 27.3 Å². The van der Waals surface area contributed by atoms with E-state index in [4.69, 9.17) is 0 Å². The summed E-state index contributed by atoms with van der Waals surface area (Å²) in [6, 6.07) is 9.96. The van der Waals surface area contributed by atoms with E-state index in [1.807, 2.05) is 34.2 Å². The van der Waals surface area contributed by atoms with Crippen molar-refractivity contribution in [3.8, 4) is 5.69 Å². The van der Waals surface area contributed by atoms with E-state index in [0.29, 0.717) is 6.42 Å². The average molecular weight is 374 g/mol. The fourth-order valence-electron chi connectivity index (χ4n) is 2.79. The molecule has 2 aromatic heterocycles. The second kappa shape index (κ2) is 5.37. The molecule has 1 aliphatic heterocycles. The van der Waals surface area contributed by atoms with E-state index in [1.165, 1.54) is 0 Å². The van der Waals surface area contributed by atoms with Crippen molar-refractivity contribution in [2.24, 2.45) is 0 Å². The van der Waals surface area contributed by atoms with Gasteiger partial charge in [0.05, 0.1) is 11.4 Å². The van der Waals surface area contributed by atoms with E-state index >= 15 is 0 Å². The van der Waals surface area contributed by atoms with Gasteiger partial charge in [-0.15, -0.1) is 0 Å². The number of amides is 1. The van der Waals surface area contributed by atoms with Crippen molar-refractivity contribution in [1.82, 2.24) is 9.55 Å². The summed E-state index contributed by atoms with van der Waals surface area (Å²) < 4.78 is 2.89. The zero-order chi connectivity index (χ0) is 15.1. The number of benzene rings is 1. The van der Waals surface area contributed by atoms with E-state index in [1.54, 1.807) is 17.7 Å². The maximum absolute atomic E-state index is 12.1. The predicted octanol–water partition coefficient (Wildman–Crippen LogP) is 4.17. The summed E-state index contributed by atoms with van der Waals surface area (Å²) >= 11 is 5.20. The Bertz CT molecular complexity index is 841. The minimum Gasteiger partial charge on any atom is -0.310 e. The average Bonchev–Trinajstić information content (AvgIpc) is 3.16. The van der Waals surface area contributed by atoms with Gasteiger partial charge in [-0.3, -0.25) is 9.36 Å². The Balaban J connectivity index is 1.86. The van der Waals surface area contributed by atoms with E-state index < -0.39 is 0 Å². The first kappa shape index (κ1) is 13.7. The van der Waals surface area contributed by atoms with Crippen LogP contribution in [-0.4, -0.2) is 15.5 Å². The van der Waals surface area contributed by atoms with Crippen LogP contribution in [0.3, 0.4) is 0 Å². The normalized spacial score (nSPS) is 17.1. The number of nitrogens with one attached hydrogen (secondary N) is 1. The fraction of sp³-hybridized carbons (Fsp3) is 0.125. The standard InChI is InChI=1S/C16H12BrN3OS/c17-12-3-1-2-4-13(12)20-9-18-15-11(10-5-6-22-8-10)7-14(21)19-16(15)20/h1-6,8-9,11H,7H2,(H,19,21). The molecule has 3 aromatic rings. The SMILES string of the molecule is O=C1CC(c2ccsc2)c2ncn(-c3ccccc3Br)c2N1.